The molecule has 0 bridgehead atoms. The predicted octanol–water partition coefficient (Wildman–Crippen LogP) is 11.7. The van der Waals surface area contributed by atoms with Crippen LogP contribution >= 0.6 is 0 Å². The molecule has 111 heavy (non-hydrogen) atoms. The predicted molar refractivity (Wildman–Crippen MR) is 391 cm³/mol. The van der Waals surface area contributed by atoms with Gasteiger partial charge >= 0.3 is 53.7 Å². The van der Waals surface area contributed by atoms with Crippen molar-refractivity contribution in [2.24, 2.45) is 5.92 Å². The van der Waals surface area contributed by atoms with Gasteiger partial charge in [0.25, 0.3) is 0 Å². The van der Waals surface area contributed by atoms with Crippen LogP contribution in [0.2, 0.25) is 0 Å². The number of carbonyl (C=O) groups excluding carboxylic acids is 9. The molecule has 1 saturated carbocycles. The molecule has 0 aromatic heterocycles. The first-order chi connectivity index (χ1) is 54.1. The van der Waals surface area contributed by atoms with Gasteiger partial charge in [0.05, 0.1) is 56.2 Å². The zero-order valence-corrected chi connectivity index (χ0v) is 59.8. The first-order valence-electron chi connectivity index (χ1n) is 35.8. The average Bonchev–Trinajstić information content (AvgIpc) is 0.852. The summed E-state index contributed by atoms with van der Waals surface area (Å²) in [5.74, 6) is -2.54. The lowest BCUT2D eigenvalue weighted by Gasteiger charge is -2.50. The van der Waals surface area contributed by atoms with Crippen LogP contribution in [-0.4, -0.2) is 166 Å². The molecule has 566 valence electrons. The first kappa shape index (κ1) is 76.7. The van der Waals surface area contributed by atoms with Crippen molar-refractivity contribution in [3.8, 4) is 11.8 Å². The van der Waals surface area contributed by atoms with Crippen molar-refractivity contribution < 1.29 is 114 Å². The van der Waals surface area contributed by atoms with Gasteiger partial charge in [-0.25, -0.2) is 43.2 Å². The molecule has 0 spiro atoms. The van der Waals surface area contributed by atoms with Gasteiger partial charge in [0.15, 0.2) is 43.1 Å². The molecule has 9 aromatic rings. The van der Waals surface area contributed by atoms with Crippen LogP contribution < -0.4 is 0 Å². The van der Waals surface area contributed by atoms with Crippen molar-refractivity contribution in [2.45, 2.75) is 112 Å². The maximum absolute atomic E-state index is 15.3. The number of rotatable bonds is 25. The molecule has 0 N–H and O–H groups in total. The second-order valence-corrected chi connectivity index (χ2v) is 26.0. The minimum absolute atomic E-state index is 0.00824. The summed E-state index contributed by atoms with van der Waals surface area (Å²) in [6.45, 7) is -0.159. The maximum atomic E-state index is 15.3. The van der Waals surface area contributed by atoms with E-state index in [4.69, 9.17) is 71.1 Å². The normalized spacial score (nSPS) is 23.9. The number of esters is 9. The largest absolute Gasteiger partial charge is 0.459 e. The average molecular weight is 1500 g/mol. The summed E-state index contributed by atoms with van der Waals surface area (Å²) in [6, 6.07) is 68.3. The Hall–Kier alpha value is -12.5. The molecule has 3 aliphatic heterocycles. The highest BCUT2D eigenvalue weighted by Crippen LogP contribution is 2.40. The molecule has 3 saturated heterocycles. The molecule has 15 atom stereocenters. The summed E-state index contributed by atoms with van der Waals surface area (Å²) >= 11 is 0. The SMILES string of the molecule is CO[C@@H]1[C@@H](OC(=O)c2ccccc2)[C@H](O[C@@H]2[C@@H](OC(=O)c3ccccc3)[C@H](O[C@H]3[C@H](OC(=O)c4ccccc4)[C@@H](OC(=O)c4ccccc4)C(OC(=O)c4ccccc4C#CC4CC4)O[C@@H]3C)O[C@H](COC(=O)c3ccccc3)[C@H]2OC(=O)c2ccccc2)O[C@H](COC(=O)c2ccccc2)[C@H]1OC(=O)c1ccccc1. The Morgan fingerprint density at radius 3 is 0.964 bits per heavy atom. The second-order valence-electron chi connectivity index (χ2n) is 26.0. The highest BCUT2D eigenvalue weighted by molar-refractivity contribution is 5.95. The van der Waals surface area contributed by atoms with E-state index in [1.54, 1.807) is 164 Å². The van der Waals surface area contributed by atoms with E-state index in [1.807, 2.05) is 0 Å². The summed E-state index contributed by atoms with van der Waals surface area (Å²) in [7, 11) is 1.21. The zero-order chi connectivity index (χ0) is 77.2. The highest BCUT2D eigenvalue weighted by Gasteiger charge is 2.60. The molecule has 0 radical (unpaired) electrons. The van der Waals surface area contributed by atoms with Crippen LogP contribution in [0.25, 0.3) is 0 Å². The smallest absolute Gasteiger partial charge is 0.341 e. The molecular weight excluding hydrogens is 1430 g/mol. The minimum Gasteiger partial charge on any atom is -0.459 e. The standard InChI is InChI=1S/C87H74O24/c1-53-67(71(105-80(92)60-38-19-7-20-39-60)74(107-82(94)62-42-23-9-24-43-62)85(100-53)111-84(96)64-46-28-27-29-55(64)50-49-54-47-48-54)109-87-75(108-83(95)63-44-25-10-26-45-63)72(69(104-79(91)59-36-17-6-18-37-59)66(102-87)52-99-77(89)57-32-13-4-14-33-57)110-86-73(106-81(93)61-40-21-8-22-41-61)70(97-2)68(103-78(90)58-34-15-5-16-35-58)65(101-86)51-98-76(88)56-30-11-3-12-31-56/h3-46,53-54,65-75,85-87H,47-48,51-52H2,1-2H3/t53-,65-,66-,67-,68-,69-,70+,71+,72+,73-,74-,75-,85?,86+,87+/m1/s1. The van der Waals surface area contributed by atoms with Crippen molar-refractivity contribution in [3.63, 3.8) is 0 Å². The molecule has 24 nitrogen and oxygen atoms in total. The number of carbonyl (C=O) groups is 9. The summed E-state index contributed by atoms with van der Waals surface area (Å²) in [6.07, 6.45) is -26.8. The van der Waals surface area contributed by atoms with E-state index in [-0.39, 0.29) is 56.0 Å². The molecule has 3 heterocycles. The number of hydrogen-bond acceptors (Lipinski definition) is 24. The lowest BCUT2D eigenvalue weighted by Crippen LogP contribution is -2.68. The lowest BCUT2D eigenvalue weighted by molar-refractivity contribution is -0.374. The van der Waals surface area contributed by atoms with Gasteiger partial charge in [0.2, 0.25) is 12.4 Å². The fraction of sp³-hybridized carbons (Fsp3) is 0.253. The fourth-order valence-electron chi connectivity index (χ4n) is 12.6. The van der Waals surface area contributed by atoms with Gasteiger partial charge in [0.1, 0.15) is 43.7 Å². The van der Waals surface area contributed by atoms with E-state index in [2.05, 4.69) is 11.8 Å². The third-order valence-electron chi connectivity index (χ3n) is 18.4. The molecule has 24 heteroatoms. The van der Waals surface area contributed by atoms with Crippen LogP contribution in [0.3, 0.4) is 0 Å². The van der Waals surface area contributed by atoms with Crippen LogP contribution in [-0.2, 0) is 71.1 Å². The molecular formula is C87H74O24. The van der Waals surface area contributed by atoms with Crippen LogP contribution in [0, 0.1) is 17.8 Å². The molecule has 4 aliphatic rings. The van der Waals surface area contributed by atoms with Gasteiger partial charge in [-0.3, -0.25) is 0 Å². The third kappa shape index (κ3) is 19.3. The summed E-state index contributed by atoms with van der Waals surface area (Å²) < 4.78 is 98.4. The molecule has 0 amide bonds. The number of methoxy groups -OCH3 is 1. The van der Waals surface area contributed by atoms with Crippen molar-refractivity contribution >= 4 is 53.7 Å². The third-order valence-corrected chi connectivity index (χ3v) is 18.4. The molecule has 1 aliphatic carbocycles. The van der Waals surface area contributed by atoms with Crippen molar-refractivity contribution in [1.29, 1.82) is 0 Å². The van der Waals surface area contributed by atoms with E-state index in [0.717, 1.165) is 12.8 Å². The second kappa shape index (κ2) is 36.6. The van der Waals surface area contributed by atoms with Crippen molar-refractivity contribution in [2.75, 3.05) is 20.3 Å². The highest BCUT2D eigenvalue weighted by atomic mass is 16.8. The Kier molecular flexibility index (Phi) is 25.3. The van der Waals surface area contributed by atoms with Crippen LogP contribution in [0.15, 0.2) is 267 Å². The Balaban J connectivity index is 0.974. The van der Waals surface area contributed by atoms with Crippen LogP contribution in [0.1, 0.15) is 119 Å². The topological polar surface area (TPSA) is 292 Å². The number of hydrogen-bond donors (Lipinski definition) is 0. The Morgan fingerprint density at radius 2 is 0.604 bits per heavy atom. The Bertz CT molecular complexity index is 4760. The molecule has 9 aromatic carbocycles. The lowest BCUT2D eigenvalue weighted by atomic mass is 9.95. The van der Waals surface area contributed by atoms with E-state index in [9.17, 15) is 33.6 Å². The fourth-order valence-corrected chi connectivity index (χ4v) is 12.6. The monoisotopic (exact) mass is 1500 g/mol. The van der Waals surface area contributed by atoms with Gasteiger partial charge < -0.3 is 71.1 Å². The van der Waals surface area contributed by atoms with Crippen LogP contribution in [0.5, 0.6) is 0 Å². The van der Waals surface area contributed by atoms with E-state index >= 15 is 9.59 Å². The van der Waals surface area contributed by atoms with E-state index in [0.29, 0.717) is 5.56 Å². The van der Waals surface area contributed by atoms with E-state index < -0.39 is 159 Å². The summed E-state index contributed by atoms with van der Waals surface area (Å²) in [4.78, 5) is 133. The quantitative estimate of drug-likeness (QED) is 0.0292. The van der Waals surface area contributed by atoms with Crippen molar-refractivity contribution in [1.82, 2.24) is 0 Å². The number of ether oxygens (including phenoxy) is 15. The van der Waals surface area contributed by atoms with Crippen molar-refractivity contribution in [3.05, 3.63) is 323 Å². The van der Waals surface area contributed by atoms with Gasteiger partial charge in [0, 0.05) is 18.6 Å². The van der Waals surface area contributed by atoms with Crippen LogP contribution in [0.4, 0.5) is 0 Å². The maximum Gasteiger partial charge on any atom is 0.341 e. The Labute approximate surface area is 637 Å². The zero-order valence-electron chi connectivity index (χ0n) is 59.8. The van der Waals surface area contributed by atoms with Gasteiger partial charge in [-0.15, -0.1) is 0 Å². The van der Waals surface area contributed by atoms with Gasteiger partial charge in [-0.1, -0.05) is 170 Å². The molecule has 13 rings (SSSR count). The summed E-state index contributed by atoms with van der Waals surface area (Å²) in [5, 5.41) is 0. The minimum atomic E-state index is -2.19. The van der Waals surface area contributed by atoms with Gasteiger partial charge in [-0.2, -0.15) is 0 Å². The molecule has 4 fully saturated rings. The Morgan fingerprint density at radius 1 is 0.306 bits per heavy atom. The summed E-state index contributed by atoms with van der Waals surface area (Å²) in [5.41, 5.74) is 0.389. The first-order valence-corrected chi connectivity index (χ1v) is 35.8. The molecule has 1 unspecified atom stereocenters. The van der Waals surface area contributed by atoms with E-state index in [1.165, 1.54) is 117 Å². The van der Waals surface area contributed by atoms with Gasteiger partial charge in [-0.05, 0) is 129 Å². The number of benzene rings is 9.